The maximum atomic E-state index is 13.4. The average Bonchev–Trinajstić information content (AvgIpc) is 3.04. The number of rotatable bonds is 4. The molecule has 3 aromatic rings. The maximum absolute atomic E-state index is 13.4. The van der Waals surface area contributed by atoms with Gasteiger partial charge in [-0.2, -0.15) is 0 Å². The Balaban J connectivity index is 1.66. The van der Waals surface area contributed by atoms with Crippen LogP contribution in [0.25, 0.3) is 6.08 Å². The zero-order chi connectivity index (χ0) is 22.7. The molecule has 0 saturated carbocycles. The molecule has 0 bridgehead atoms. The first kappa shape index (κ1) is 22.1. The van der Waals surface area contributed by atoms with Gasteiger partial charge >= 0.3 is 0 Å². The van der Waals surface area contributed by atoms with Crippen molar-refractivity contribution < 1.29 is 4.79 Å². The molecule has 0 aliphatic carbocycles. The highest BCUT2D eigenvalue weighted by atomic mass is 32.2. The summed E-state index contributed by atoms with van der Waals surface area (Å²) in [6, 6.07) is 26.5. The third-order valence-electron chi connectivity index (χ3n) is 5.40. The molecule has 3 aromatic carbocycles. The molecule has 162 valence electrons. The average molecular weight is 441 g/mol. The molecule has 4 heteroatoms. The Morgan fingerprint density at radius 2 is 1.56 bits per heavy atom. The van der Waals surface area contributed by atoms with Gasteiger partial charge in [0.2, 0.25) is 0 Å². The zero-order valence-corrected chi connectivity index (χ0v) is 19.8. The van der Waals surface area contributed by atoms with Crippen molar-refractivity contribution >= 4 is 34.6 Å². The Labute approximate surface area is 194 Å². The van der Waals surface area contributed by atoms with Gasteiger partial charge in [0.05, 0.1) is 17.1 Å². The van der Waals surface area contributed by atoms with Crippen LogP contribution in [0.15, 0.2) is 88.8 Å². The summed E-state index contributed by atoms with van der Waals surface area (Å²) in [5.74, 6) is -0.00962. The summed E-state index contributed by atoms with van der Waals surface area (Å²) in [5, 5.41) is 0.709. The molecule has 0 radical (unpaired) electrons. The maximum Gasteiger partial charge on any atom is 0.267 e. The minimum absolute atomic E-state index is 0.00962. The van der Waals surface area contributed by atoms with E-state index >= 15 is 0 Å². The fourth-order valence-corrected chi connectivity index (χ4v) is 4.46. The highest BCUT2D eigenvalue weighted by Gasteiger charge is 2.33. The van der Waals surface area contributed by atoms with Crippen LogP contribution >= 0.6 is 11.8 Å². The molecule has 0 N–H and O–H groups in total. The number of amidine groups is 1. The van der Waals surface area contributed by atoms with E-state index in [1.807, 2.05) is 60.7 Å². The van der Waals surface area contributed by atoms with E-state index in [2.05, 4.69) is 52.0 Å². The molecule has 0 aromatic heterocycles. The van der Waals surface area contributed by atoms with Crippen LogP contribution < -0.4 is 0 Å². The van der Waals surface area contributed by atoms with Gasteiger partial charge in [0.15, 0.2) is 5.17 Å². The van der Waals surface area contributed by atoms with Crippen LogP contribution in [0.5, 0.6) is 0 Å². The third kappa shape index (κ3) is 5.20. The first-order valence-corrected chi connectivity index (χ1v) is 11.6. The van der Waals surface area contributed by atoms with Gasteiger partial charge in [-0.1, -0.05) is 93.1 Å². The van der Waals surface area contributed by atoms with Crippen molar-refractivity contribution in [1.82, 2.24) is 4.90 Å². The molecule has 1 fully saturated rings. The van der Waals surface area contributed by atoms with E-state index < -0.39 is 0 Å². The zero-order valence-electron chi connectivity index (χ0n) is 19.0. The number of amides is 1. The SMILES string of the molecule is Cc1ccc(N=C2S/C(=C/c3ccc(C(C)(C)C)cc3)C(=O)N2Cc2ccccc2)cc1. The molecule has 3 nitrogen and oxygen atoms in total. The second kappa shape index (κ2) is 9.17. The smallest absolute Gasteiger partial charge is 0.267 e. The van der Waals surface area contributed by atoms with E-state index in [0.29, 0.717) is 16.6 Å². The minimum atomic E-state index is -0.00962. The van der Waals surface area contributed by atoms with Crippen molar-refractivity contribution in [3.05, 3.63) is 106 Å². The monoisotopic (exact) mass is 440 g/mol. The highest BCUT2D eigenvalue weighted by molar-refractivity contribution is 8.18. The van der Waals surface area contributed by atoms with Gasteiger partial charge in [-0.25, -0.2) is 4.99 Å². The summed E-state index contributed by atoms with van der Waals surface area (Å²) in [6.45, 7) is 9.15. The summed E-state index contributed by atoms with van der Waals surface area (Å²) in [6.07, 6.45) is 1.97. The predicted octanol–water partition coefficient (Wildman–Crippen LogP) is 7.10. The third-order valence-corrected chi connectivity index (χ3v) is 6.41. The number of carbonyl (C=O) groups is 1. The molecular formula is C28H28N2OS. The Bertz CT molecular complexity index is 1150. The molecule has 0 unspecified atom stereocenters. The van der Waals surface area contributed by atoms with Crippen LogP contribution in [0.2, 0.25) is 0 Å². The van der Waals surface area contributed by atoms with Gasteiger partial charge in [-0.05, 0) is 59.0 Å². The predicted molar refractivity (Wildman–Crippen MR) is 136 cm³/mol. The van der Waals surface area contributed by atoms with Crippen LogP contribution in [-0.4, -0.2) is 16.0 Å². The molecule has 1 amide bonds. The molecular weight excluding hydrogens is 412 g/mol. The lowest BCUT2D eigenvalue weighted by atomic mass is 9.87. The summed E-state index contributed by atoms with van der Waals surface area (Å²) in [4.78, 5) is 20.6. The lowest BCUT2D eigenvalue weighted by Gasteiger charge is -2.18. The normalized spacial score (nSPS) is 16.9. The first-order valence-electron chi connectivity index (χ1n) is 10.8. The van der Waals surface area contributed by atoms with Crippen LogP contribution in [0.4, 0.5) is 5.69 Å². The van der Waals surface area contributed by atoms with Crippen molar-refractivity contribution in [3.63, 3.8) is 0 Å². The van der Waals surface area contributed by atoms with Gasteiger partial charge < -0.3 is 0 Å². The Morgan fingerprint density at radius 1 is 0.906 bits per heavy atom. The van der Waals surface area contributed by atoms with Crippen molar-refractivity contribution in [3.8, 4) is 0 Å². The fourth-order valence-electron chi connectivity index (χ4n) is 3.46. The Hall–Kier alpha value is -3.11. The summed E-state index contributed by atoms with van der Waals surface area (Å²) in [5.41, 5.74) is 5.50. The minimum Gasteiger partial charge on any atom is -0.282 e. The lowest BCUT2D eigenvalue weighted by Crippen LogP contribution is -2.28. The van der Waals surface area contributed by atoms with E-state index in [-0.39, 0.29) is 11.3 Å². The van der Waals surface area contributed by atoms with Crippen LogP contribution in [0, 0.1) is 6.92 Å². The Kier molecular flexibility index (Phi) is 6.33. The molecule has 0 atom stereocenters. The number of nitrogens with zero attached hydrogens (tertiary/aromatic N) is 2. The van der Waals surface area contributed by atoms with Gasteiger partial charge in [0.1, 0.15) is 0 Å². The van der Waals surface area contributed by atoms with Crippen molar-refractivity contribution in [1.29, 1.82) is 0 Å². The van der Waals surface area contributed by atoms with Gasteiger partial charge in [0, 0.05) is 0 Å². The van der Waals surface area contributed by atoms with Crippen molar-refractivity contribution in [2.24, 2.45) is 4.99 Å². The van der Waals surface area contributed by atoms with E-state index in [1.54, 1.807) is 4.90 Å². The molecule has 1 aliphatic heterocycles. The standard InChI is InChI=1S/C28H28N2OS/c1-20-10-16-24(17-11-20)29-27-30(19-22-8-6-5-7-9-22)26(31)25(32-27)18-21-12-14-23(15-13-21)28(2,3)4/h5-18H,19H2,1-4H3/b25-18+,29-27?. The van der Waals surface area contributed by atoms with Crippen molar-refractivity contribution in [2.45, 2.75) is 39.7 Å². The number of hydrogen-bond acceptors (Lipinski definition) is 3. The van der Waals surface area contributed by atoms with E-state index in [0.717, 1.165) is 16.8 Å². The molecule has 4 rings (SSSR count). The van der Waals surface area contributed by atoms with E-state index in [9.17, 15) is 4.79 Å². The topological polar surface area (TPSA) is 32.7 Å². The highest BCUT2D eigenvalue weighted by Crippen LogP contribution is 2.35. The second-order valence-electron chi connectivity index (χ2n) is 9.09. The van der Waals surface area contributed by atoms with Gasteiger partial charge in [0.25, 0.3) is 5.91 Å². The largest absolute Gasteiger partial charge is 0.282 e. The molecule has 1 saturated heterocycles. The molecule has 32 heavy (non-hydrogen) atoms. The number of aryl methyl sites for hydroxylation is 1. The van der Waals surface area contributed by atoms with Crippen LogP contribution in [0.1, 0.15) is 43.0 Å². The van der Waals surface area contributed by atoms with Gasteiger partial charge in [-0.15, -0.1) is 0 Å². The molecule has 1 aliphatic rings. The lowest BCUT2D eigenvalue weighted by molar-refractivity contribution is -0.122. The summed E-state index contributed by atoms with van der Waals surface area (Å²) in [7, 11) is 0. The summed E-state index contributed by atoms with van der Waals surface area (Å²) >= 11 is 1.44. The van der Waals surface area contributed by atoms with E-state index in [4.69, 9.17) is 4.99 Å². The number of hydrogen-bond donors (Lipinski definition) is 0. The fraction of sp³-hybridized carbons (Fsp3) is 0.214. The summed E-state index contributed by atoms with van der Waals surface area (Å²) < 4.78 is 0. The molecule has 1 heterocycles. The number of carbonyl (C=O) groups excluding carboxylic acids is 1. The number of thioether (sulfide) groups is 1. The van der Waals surface area contributed by atoms with Crippen molar-refractivity contribution in [2.75, 3.05) is 0 Å². The number of benzene rings is 3. The second-order valence-corrected chi connectivity index (χ2v) is 10.1. The Morgan fingerprint density at radius 3 is 2.19 bits per heavy atom. The number of aliphatic imine (C=N–C) groups is 1. The first-order chi connectivity index (χ1) is 15.3. The van der Waals surface area contributed by atoms with Crippen LogP contribution in [-0.2, 0) is 16.8 Å². The quantitative estimate of drug-likeness (QED) is 0.405. The van der Waals surface area contributed by atoms with E-state index in [1.165, 1.54) is 22.9 Å². The van der Waals surface area contributed by atoms with Crippen LogP contribution in [0.3, 0.4) is 0 Å². The molecule has 0 spiro atoms. The van der Waals surface area contributed by atoms with Gasteiger partial charge in [-0.3, -0.25) is 9.69 Å².